The van der Waals surface area contributed by atoms with Crippen LogP contribution < -0.4 is 0 Å². The van der Waals surface area contributed by atoms with E-state index in [0.717, 1.165) is 5.56 Å². The van der Waals surface area contributed by atoms with E-state index in [2.05, 4.69) is 0 Å². The van der Waals surface area contributed by atoms with Crippen molar-refractivity contribution < 1.29 is 19.0 Å². The Morgan fingerprint density at radius 2 is 2.07 bits per heavy atom. The lowest BCUT2D eigenvalue weighted by Crippen LogP contribution is -2.20. The third kappa shape index (κ3) is 4.08. The van der Waals surface area contributed by atoms with Gasteiger partial charge in [0.15, 0.2) is 6.10 Å². The van der Waals surface area contributed by atoms with Crippen molar-refractivity contribution >= 4 is 5.97 Å². The molecule has 1 rings (SSSR count). The van der Waals surface area contributed by atoms with Crippen molar-refractivity contribution in [2.75, 3.05) is 6.61 Å². The van der Waals surface area contributed by atoms with Gasteiger partial charge < -0.3 is 9.84 Å². The summed E-state index contributed by atoms with van der Waals surface area (Å²) in [4.78, 5) is 10.4. The molecule has 0 bridgehead atoms. The first-order chi connectivity index (χ1) is 7.09. The first-order valence-corrected chi connectivity index (χ1v) is 4.68. The lowest BCUT2D eigenvalue weighted by atomic mass is 10.2. The van der Waals surface area contributed by atoms with Crippen LogP contribution in [0.3, 0.4) is 0 Å². The zero-order chi connectivity index (χ0) is 11.3. The summed E-state index contributed by atoms with van der Waals surface area (Å²) in [5.74, 6) is -1.26. The van der Waals surface area contributed by atoms with Gasteiger partial charge in [-0.05, 0) is 31.0 Å². The second-order valence-corrected chi connectivity index (χ2v) is 3.23. The smallest absolute Gasteiger partial charge is 0.332 e. The molecule has 82 valence electrons. The van der Waals surface area contributed by atoms with Gasteiger partial charge in [-0.1, -0.05) is 12.1 Å². The van der Waals surface area contributed by atoms with Crippen LogP contribution in [0.5, 0.6) is 0 Å². The highest BCUT2D eigenvalue weighted by Crippen LogP contribution is 2.04. The zero-order valence-corrected chi connectivity index (χ0v) is 8.44. The second kappa shape index (κ2) is 5.46. The monoisotopic (exact) mass is 212 g/mol. The van der Waals surface area contributed by atoms with Gasteiger partial charge in [0.1, 0.15) is 5.82 Å². The summed E-state index contributed by atoms with van der Waals surface area (Å²) in [5.41, 5.74) is 0.925. The number of carboxylic acids is 1. The SMILES string of the molecule is CC(OCCc1ccc(F)cc1)C(=O)O. The number of benzene rings is 1. The normalized spacial score (nSPS) is 12.4. The first kappa shape index (κ1) is 11.7. The van der Waals surface area contributed by atoms with Gasteiger partial charge in [-0.25, -0.2) is 9.18 Å². The van der Waals surface area contributed by atoms with Gasteiger partial charge in [-0.3, -0.25) is 0 Å². The van der Waals surface area contributed by atoms with Crippen molar-refractivity contribution in [3.05, 3.63) is 35.6 Å². The Kier molecular flexibility index (Phi) is 4.24. The fourth-order valence-corrected chi connectivity index (χ4v) is 1.08. The Balaban J connectivity index is 2.32. The molecule has 1 aromatic carbocycles. The van der Waals surface area contributed by atoms with Gasteiger partial charge in [-0.15, -0.1) is 0 Å². The fourth-order valence-electron chi connectivity index (χ4n) is 1.08. The second-order valence-electron chi connectivity index (χ2n) is 3.23. The van der Waals surface area contributed by atoms with E-state index in [1.165, 1.54) is 19.1 Å². The van der Waals surface area contributed by atoms with Gasteiger partial charge in [0.05, 0.1) is 6.61 Å². The molecule has 0 radical (unpaired) electrons. The number of carbonyl (C=O) groups is 1. The van der Waals surface area contributed by atoms with E-state index in [0.29, 0.717) is 13.0 Å². The van der Waals surface area contributed by atoms with Crippen molar-refractivity contribution in [1.82, 2.24) is 0 Å². The van der Waals surface area contributed by atoms with E-state index in [1.807, 2.05) is 0 Å². The van der Waals surface area contributed by atoms with Crippen LogP contribution in [0.15, 0.2) is 24.3 Å². The van der Waals surface area contributed by atoms with Crippen molar-refractivity contribution in [3.8, 4) is 0 Å². The number of carboxylic acid groups (broad SMARTS) is 1. The molecule has 0 saturated carbocycles. The predicted octanol–water partition coefficient (Wildman–Crippen LogP) is 1.86. The van der Waals surface area contributed by atoms with Crippen molar-refractivity contribution in [2.45, 2.75) is 19.4 Å². The van der Waals surface area contributed by atoms with E-state index in [4.69, 9.17) is 9.84 Å². The summed E-state index contributed by atoms with van der Waals surface area (Å²) >= 11 is 0. The summed E-state index contributed by atoms with van der Waals surface area (Å²) in [6.45, 7) is 1.80. The first-order valence-electron chi connectivity index (χ1n) is 4.68. The Hall–Kier alpha value is -1.42. The van der Waals surface area contributed by atoms with Crippen LogP contribution in [0.25, 0.3) is 0 Å². The van der Waals surface area contributed by atoms with Crippen molar-refractivity contribution in [3.63, 3.8) is 0 Å². The number of ether oxygens (including phenoxy) is 1. The van der Waals surface area contributed by atoms with Gasteiger partial charge >= 0.3 is 5.97 Å². The standard InChI is InChI=1S/C11H13FO3/c1-8(11(13)14)15-7-6-9-2-4-10(12)5-3-9/h2-5,8H,6-7H2,1H3,(H,13,14). The summed E-state index contributed by atoms with van der Waals surface area (Å²) in [5, 5.41) is 8.54. The summed E-state index contributed by atoms with van der Waals surface area (Å²) in [6, 6.07) is 6.06. The van der Waals surface area contributed by atoms with Gasteiger partial charge in [0.25, 0.3) is 0 Å². The van der Waals surface area contributed by atoms with Gasteiger partial charge in [0.2, 0.25) is 0 Å². The van der Waals surface area contributed by atoms with Crippen LogP contribution in [0, 0.1) is 5.82 Å². The molecular formula is C11H13FO3. The molecule has 0 aliphatic carbocycles. The maximum atomic E-state index is 12.5. The third-order valence-corrected chi connectivity index (χ3v) is 2.02. The highest BCUT2D eigenvalue weighted by molar-refractivity contribution is 5.71. The summed E-state index contributed by atoms with van der Waals surface area (Å²) in [7, 11) is 0. The number of aliphatic carboxylic acids is 1. The molecule has 0 amide bonds. The number of halogens is 1. The molecule has 0 saturated heterocycles. The quantitative estimate of drug-likeness (QED) is 0.810. The molecule has 15 heavy (non-hydrogen) atoms. The Morgan fingerprint density at radius 3 is 2.60 bits per heavy atom. The minimum absolute atomic E-state index is 0.279. The number of hydrogen-bond acceptors (Lipinski definition) is 2. The predicted molar refractivity (Wildman–Crippen MR) is 53.2 cm³/mol. The lowest BCUT2D eigenvalue weighted by molar-refractivity contribution is -0.149. The molecule has 1 unspecified atom stereocenters. The highest BCUT2D eigenvalue weighted by Gasteiger charge is 2.09. The van der Waals surface area contributed by atoms with Crippen LogP contribution >= 0.6 is 0 Å². The van der Waals surface area contributed by atoms with Crippen LogP contribution in [-0.2, 0) is 16.0 Å². The van der Waals surface area contributed by atoms with E-state index >= 15 is 0 Å². The molecule has 0 aliphatic heterocycles. The summed E-state index contributed by atoms with van der Waals surface area (Å²) in [6.07, 6.45) is -0.219. The van der Waals surface area contributed by atoms with E-state index in [-0.39, 0.29) is 5.82 Å². The number of rotatable bonds is 5. The van der Waals surface area contributed by atoms with Crippen molar-refractivity contribution in [1.29, 1.82) is 0 Å². The minimum Gasteiger partial charge on any atom is -0.479 e. The average molecular weight is 212 g/mol. The molecule has 0 spiro atoms. The fraction of sp³-hybridized carbons (Fsp3) is 0.364. The highest BCUT2D eigenvalue weighted by atomic mass is 19.1. The van der Waals surface area contributed by atoms with Crippen LogP contribution in [0.1, 0.15) is 12.5 Å². The lowest BCUT2D eigenvalue weighted by Gasteiger charge is -2.07. The molecule has 4 heteroatoms. The molecule has 1 aromatic rings. The zero-order valence-electron chi connectivity index (χ0n) is 8.44. The molecule has 0 aromatic heterocycles. The molecular weight excluding hydrogens is 199 g/mol. The van der Waals surface area contributed by atoms with E-state index in [1.54, 1.807) is 12.1 Å². The summed E-state index contributed by atoms with van der Waals surface area (Å²) < 4.78 is 17.6. The minimum atomic E-state index is -0.978. The van der Waals surface area contributed by atoms with E-state index in [9.17, 15) is 9.18 Å². The third-order valence-electron chi connectivity index (χ3n) is 2.02. The molecule has 0 fully saturated rings. The topological polar surface area (TPSA) is 46.5 Å². The van der Waals surface area contributed by atoms with E-state index < -0.39 is 12.1 Å². The van der Waals surface area contributed by atoms with Crippen molar-refractivity contribution in [2.24, 2.45) is 0 Å². The molecule has 1 atom stereocenters. The van der Waals surface area contributed by atoms with Crippen LogP contribution in [0.4, 0.5) is 4.39 Å². The van der Waals surface area contributed by atoms with Gasteiger partial charge in [-0.2, -0.15) is 0 Å². The molecule has 1 N–H and O–H groups in total. The van der Waals surface area contributed by atoms with Crippen LogP contribution in [-0.4, -0.2) is 23.8 Å². The number of hydrogen-bond donors (Lipinski definition) is 1. The Morgan fingerprint density at radius 1 is 1.47 bits per heavy atom. The Bertz CT molecular complexity index is 321. The largest absolute Gasteiger partial charge is 0.479 e. The average Bonchev–Trinajstić information content (AvgIpc) is 2.20. The molecule has 0 aliphatic rings. The van der Waals surface area contributed by atoms with Gasteiger partial charge in [0, 0.05) is 0 Å². The maximum absolute atomic E-state index is 12.5. The Labute approximate surface area is 87.5 Å². The maximum Gasteiger partial charge on any atom is 0.332 e. The molecule has 3 nitrogen and oxygen atoms in total. The van der Waals surface area contributed by atoms with Crippen LogP contribution in [0.2, 0.25) is 0 Å². The molecule has 0 heterocycles.